The average molecular weight is 640 g/mol. The molecule has 5 heterocycles. The predicted molar refractivity (Wildman–Crippen MR) is 166 cm³/mol. The van der Waals surface area contributed by atoms with Gasteiger partial charge in [-0.05, 0) is 86.4 Å². The molecule has 0 aromatic rings. The second kappa shape index (κ2) is 13.7. The van der Waals surface area contributed by atoms with E-state index >= 15 is 0 Å². The first-order chi connectivity index (χ1) is 21.0. The number of esters is 1. The number of alkyl carbamates (subject to hydrolysis) is 1. The summed E-state index contributed by atoms with van der Waals surface area (Å²) in [5, 5.41) is 17.9. The molecule has 0 saturated carbocycles. The third kappa shape index (κ3) is 6.92. The normalized spacial score (nSPS) is 46.8. The van der Waals surface area contributed by atoms with Crippen molar-refractivity contribution in [3.8, 4) is 0 Å². The standard InChI is InChI=1S/C33H57N3O9/c1-11-21-15-22(36(9)10)24(37)28(42-21)44-27-19(4)26(38)31(6)13-14-41-32(27,7)16-18(3)17-34-20(5)25-33(8,45-30(40)35-25)23(12-2)43-29(31)39/h18-25,27-28,34,37H,11-17H2,1-10H3,(H,35,40)/t18-,19+,20-,21?,22?,23-,24?,25-,27-,28+,31+,32+,33-/m1/s1. The zero-order valence-corrected chi connectivity index (χ0v) is 28.9. The third-order valence-corrected chi connectivity index (χ3v) is 10.9. The number of ether oxygens (including phenoxy) is 5. The Morgan fingerprint density at radius 3 is 2.38 bits per heavy atom. The van der Waals surface area contributed by atoms with Crippen molar-refractivity contribution < 1.29 is 43.2 Å². The highest BCUT2D eigenvalue weighted by atomic mass is 16.7. The summed E-state index contributed by atoms with van der Waals surface area (Å²) in [7, 11) is 3.85. The molecule has 0 aromatic heterocycles. The van der Waals surface area contributed by atoms with E-state index < -0.39 is 65.2 Å². The fourth-order valence-electron chi connectivity index (χ4n) is 8.04. The van der Waals surface area contributed by atoms with Crippen molar-refractivity contribution in [3.05, 3.63) is 0 Å². The molecule has 0 spiro atoms. The summed E-state index contributed by atoms with van der Waals surface area (Å²) in [6.45, 7) is 15.8. The second-order valence-corrected chi connectivity index (χ2v) is 14.7. The maximum atomic E-state index is 14.5. The third-order valence-electron chi connectivity index (χ3n) is 10.9. The van der Waals surface area contributed by atoms with Gasteiger partial charge in [0.25, 0.3) is 0 Å². The average Bonchev–Trinajstić information content (AvgIpc) is 3.30. The first kappa shape index (κ1) is 36.0. The summed E-state index contributed by atoms with van der Waals surface area (Å²) < 4.78 is 31.6. The highest BCUT2D eigenvalue weighted by molar-refractivity contribution is 6.04. The molecule has 0 radical (unpaired) electrons. The van der Waals surface area contributed by atoms with Gasteiger partial charge in [0.2, 0.25) is 0 Å². The van der Waals surface area contributed by atoms with Crippen LogP contribution in [0, 0.1) is 17.3 Å². The van der Waals surface area contributed by atoms with Gasteiger partial charge >= 0.3 is 12.1 Å². The first-order valence-electron chi connectivity index (χ1n) is 16.8. The molecule has 2 bridgehead atoms. The summed E-state index contributed by atoms with van der Waals surface area (Å²) in [6, 6.07) is -0.898. The van der Waals surface area contributed by atoms with Crippen LogP contribution in [0.3, 0.4) is 0 Å². The van der Waals surface area contributed by atoms with Crippen LogP contribution in [0.1, 0.15) is 87.5 Å². The Bertz CT molecular complexity index is 1090. The SMILES string of the molecule is CCC1CC(N(C)C)C(O)[C@H](O[C@@H]2[C@@H](C)C(=O)[C@]3(C)CCO[C@@]2(C)C[C@@H](C)CN[C@H](C)[C@H]2NC(=O)O[C@]2(C)[C@@H](CC)OC3=O)O1. The lowest BCUT2D eigenvalue weighted by Crippen LogP contribution is -2.61. The Morgan fingerprint density at radius 1 is 1.07 bits per heavy atom. The molecule has 5 aliphatic heterocycles. The molecule has 45 heavy (non-hydrogen) atoms. The number of ketones is 1. The van der Waals surface area contributed by atoms with E-state index in [1.807, 2.05) is 46.7 Å². The number of rotatable bonds is 5. The lowest BCUT2D eigenvalue weighted by Gasteiger charge is -2.49. The van der Waals surface area contributed by atoms with Gasteiger partial charge < -0.3 is 44.3 Å². The molecular weight excluding hydrogens is 582 g/mol. The van der Waals surface area contributed by atoms with Gasteiger partial charge in [0.05, 0.1) is 23.9 Å². The Hall–Kier alpha value is -1.83. The van der Waals surface area contributed by atoms with Gasteiger partial charge in [-0.2, -0.15) is 0 Å². The van der Waals surface area contributed by atoms with Gasteiger partial charge in [-0.15, -0.1) is 0 Å². The number of carbonyl (C=O) groups excluding carboxylic acids is 3. The van der Waals surface area contributed by atoms with Crippen LogP contribution in [0.15, 0.2) is 0 Å². The number of hydrogen-bond donors (Lipinski definition) is 3. The maximum Gasteiger partial charge on any atom is 0.408 e. The van der Waals surface area contributed by atoms with Crippen LogP contribution in [0.4, 0.5) is 4.79 Å². The number of nitrogens with zero attached hydrogens (tertiary/aromatic N) is 1. The van der Waals surface area contributed by atoms with E-state index in [-0.39, 0.29) is 42.9 Å². The Morgan fingerprint density at radius 2 is 1.76 bits per heavy atom. The van der Waals surface area contributed by atoms with Crippen LogP contribution in [-0.4, -0.2) is 115 Å². The van der Waals surface area contributed by atoms with Crippen LogP contribution in [0.25, 0.3) is 0 Å². The zero-order valence-electron chi connectivity index (χ0n) is 28.9. The fourth-order valence-corrected chi connectivity index (χ4v) is 8.04. The minimum absolute atomic E-state index is 0.0565. The minimum Gasteiger partial charge on any atom is -0.457 e. The molecule has 5 fully saturated rings. The molecule has 258 valence electrons. The smallest absolute Gasteiger partial charge is 0.408 e. The molecule has 5 saturated heterocycles. The van der Waals surface area contributed by atoms with E-state index in [1.54, 1.807) is 20.8 Å². The van der Waals surface area contributed by atoms with Crippen LogP contribution in [0.5, 0.6) is 0 Å². The molecule has 12 nitrogen and oxygen atoms in total. The number of Topliss-reactive ketones (excluding diaryl/α,β-unsaturated/α-hetero) is 1. The molecule has 3 N–H and O–H groups in total. The van der Waals surface area contributed by atoms with E-state index in [0.717, 1.165) is 6.42 Å². The molecule has 5 rings (SSSR count). The number of aliphatic hydroxyl groups excluding tert-OH is 1. The van der Waals surface area contributed by atoms with Crippen molar-refractivity contribution in [2.45, 2.75) is 148 Å². The van der Waals surface area contributed by atoms with E-state index in [2.05, 4.69) is 17.6 Å². The van der Waals surface area contributed by atoms with Gasteiger partial charge in [0, 0.05) is 24.6 Å². The van der Waals surface area contributed by atoms with Gasteiger partial charge in [-0.25, -0.2) is 4.79 Å². The molecular formula is C33H57N3O9. The zero-order chi connectivity index (χ0) is 33.5. The van der Waals surface area contributed by atoms with Gasteiger partial charge in [-0.3, -0.25) is 9.59 Å². The van der Waals surface area contributed by atoms with Crippen molar-refractivity contribution in [3.63, 3.8) is 0 Å². The summed E-state index contributed by atoms with van der Waals surface area (Å²) in [6.07, 6.45) is -1.84. The monoisotopic (exact) mass is 639 g/mol. The molecule has 12 heteroatoms. The maximum absolute atomic E-state index is 14.5. The van der Waals surface area contributed by atoms with Crippen molar-refractivity contribution >= 4 is 17.8 Å². The molecule has 5 aliphatic rings. The predicted octanol–water partition coefficient (Wildman–Crippen LogP) is 2.79. The summed E-state index contributed by atoms with van der Waals surface area (Å²) in [4.78, 5) is 43.1. The largest absolute Gasteiger partial charge is 0.457 e. The minimum atomic E-state index is -1.54. The number of carbonyl (C=O) groups is 3. The number of nitrogens with one attached hydrogen (secondary N) is 2. The van der Waals surface area contributed by atoms with E-state index in [0.29, 0.717) is 25.8 Å². The number of aliphatic hydroxyl groups is 1. The van der Waals surface area contributed by atoms with E-state index in [1.165, 1.54) is 0 Å². The highest BCUT2D eigenvalue weighted by Gasteiger charge is 2.58. The van der Waals surface area contributed by atoms with Gasteiger partial charge in [0.15, 0.2) is 17.7 Å². The topological polar surface area (TPSA) is 145 Å². The first-order valence-corrected chi connectivity index (χ1v) is 16.8. The van der Waals surface area contributed by atoms with Crippen LogP contribution >= 0.6 is 0 Å². The van der Waals surface area contributed by atoms with Gasteiger partial charge in [0.1, 0.15) is 17.6 Å². The Labute approximate surface area is 268 Å². The number of hydrogen-bond acceptors (Lipinski definition) is 11. The van der Waals surface area contributed by atoms with Crippen LogP contribution in [0.2, 0.25) is 0 Å². The van der Waals surface area contributed by atoms with Crippen molar-refractivity contribution in [1.29, 1.82) is 0 Å². The van der Waals surface area contributed by atoms with Gasteiger partial charge in [-0.1, -0.05) is 27.7 Å². The van der Waals surface area contributed by atoms with Crippen LogP contribution < -0.4 is 10.6 Å². The molecule has 3 unspecified atom stereocenters. The molecule has 1 amide bonds. The molecule has 13 atom stereocenters. The lowest BCUT2D eigenvalue weighted by molar-refractivity contribution is -0.302. The highest BCUT2D eigenvalue weighted by Crippen LogP contribution is 2.43. The quantitative estimate of drug-likeness (QED) is 0.302. The van der Waals surface area contributed by atoms with Crippen molar-refractivity contribution in [1.82, 2.24) is 15.5 Å². The number of fused-ring (bicyclic) bond motifs is 10. The Kier molecular flexibility index (Phi) is 11.0. The van der Waals surface area contributed by atoms with Crippen molar-refractivity contribution in [2.24, 2.45) is 17.3 Å². The van der Waals surface area contributed by atoms with E-state index in [9.17, 15) is 19.5 Å². The fraction of sp³-hybridized carbons (Fsp3) is 0.909. The molecule has 0 aliphatic carbocycles. The summed E-state index contributed by atoms with van der Waals surface area (Å²) in [5.41, 5.74) is -3.65. The lowest BCUT2D eigenvalue weighted by atomic mass is 9.70. The van der Waals surface area contributed by atoms with E-state index in [4.69, 9.17) is 23.7 Å². The number of likely N-dealkylation sites (N-methyl/N-ethyl adjacent to an activating group) is 1. The van der Waals surface area contributed by atoms with Crippen LogP contribution in [-0.2, 0) is 33.3 Å². The number of amides is 1. The van der Waals surface area contributed by atoms with Crippen molar-refractivity contribution in [2.75, 3.05) is 27.2 Å². The second-order valence-electron chi connectivity index (χ2n) is 14.7. The Balaban J connectivity index is 1.76. The summed E-state index contributed by atoms with van der Waals surface area (Å²) in [5.74, 6) is -1.75. The molecule has 0 aromatic carbocycles. The summed E-state index contributed by atoms with van der Waals surface area (Å²) >= 11 is 0.